The molecule has 2 rings (SSSR count). The highest BCUT2D eigenvalue weighted by atomic mass is 16.5. The third kappa shape index (κ3) is 5.07. The second-order valence-electron chi connectivity index (χ2n) is 5.60. The van der Waals surface area contributed by atoms with E-state index in [9.17, 15) is 0 Å². The number of rotatable bonds is 8. The molecule has 0 unspecified atom stereocenters. The van der Waals surface area contributed by atoms with E-state index in [2.05, 4.69) is 34.5 Å². The number of aliphatic hydroxyl groups excluding tert-OH is 1. The Labute approximate surface area is 137 Å². The molecular weight excluding hydrogens is 290 g/mol. The van der Waals surface area contributed by atoms with Crippen LogP contribution in [-0.4, -0.2) is 32.4 Å². The second-order valence-corrected chi connectivity index (χ2v) is 5.60. The fourth-order valence-electron chi connectivity index (χ4n) is 2.17. The van der Waals surface area contributed by atoms with Gasteiger partial charge in [-0.05, 0) is 35.9 Å². The molecule has 2 aromatic carbocycles. The molecule has 4 N–H and O–H groups in total. The van der Waals surface area contributed by atoms with Crippen molar-refractivity contribution >= 4 is 17.1 Å². The van der Waals surface area contributed by atoms with E-state index in [0.29, 0.717) is 25.3 Å². The van der Waals surface area contributed by atoms with E-state index in [1.165, 1.54) is 11.3 Å². The van der Waals surface area contributed by atoms with Crippen molar-refractivity contribution in [2.75, 3.05) is 43.3 Å². The molecule has 0 saturated heterocycles. The van der Waals surface area contributed by atoms with Crippen LogP contribution in [0.15, 0.2) is 42.5 Å². The molecule has 5 nitrogen and oxygen atoms in total. The number of nitrogens with two attached hydrogens (primary N) is 1. The molecule has 0 radical (unpaired) electrons. The number of hydrogen-bond donors (Lipinski definition) is 3. The number of nitrogens with zero attached hydrogens (tertiary/aromatic N) is 1. The van der Waals surface area contributed by atoms with Crippen molar-refractivity contribution in [1.82, 2.24) is 0 Å². The highest BCUT2D eigenvalue weighted by Gasteiger charge is 2.05. The summed E-state index contributed by atoms with van der Waals surface area (Å²) < 4.78 is 5.69. The van der Waals surface area contributed by atoms with Gasteiger partial charge < -0.3 is 25.8 Å². The second kappa shape index (κ2) is 8.29. The molecule has 5 heteroatoms. The summed E-state index contributed by atoms with van der Waals surface area (Å²) in [6, 6.07) is 13.9. The average Bonchev–Trinajstić information content (AvgIpc) is 2.55. The summed E-state index contributed by atoms with van der Waals surface area (Å²) in [5.41, 5.74) is 9.76. The zero-order valence-corrected chi connectivity index (χ0v) is 13.7. The monoisotopic (exact) mass is 315 g/mol. The van der Waals surface area contributed by atoms with Gasteiger partial charge in [-0.25, -0.2) is 0 Å². The van der Waals surface area contributed by atoms with Crippen LogP contribution in [0.2, 0.25) is 0 Å². The summed E-state index contributed by atoms with van der Waals surface area (Å²) in [4.78, 5) is 2.07. The molecule has 124 valence electrons. The fraction of sp³-hybridized carbons (Fsp3) is 0.333. The molecule has 0 aromatic heterocycles. The van der Waals surface area contributed by atoms with Gasteiger partial charge in [-0.15, -0.1) is 0 Å². The van der Waals surface area contributed by atoms with Gasteiger partial charge in [0.1, 0.15) is 5.75 Å². The zero-order chi connectivity index (χ0) is 16.7. The number of ether oxygens (including phenoxy) is 1. The van der Waals surface area contributed by atoms with E-state index < -0.39 is 0 Å². The largest absolute Gasteiger partial charge is 0.491 e. The molecule has 0 heterocycles. The van der Waals surface area contributed by atoms with Crippen molar-refractivity contribution in [1.29, 1.82) is 0 Å². The van der Waals surface area contributed by atoms with Crippen LogP contribution < -0.4 is 20.7 Å². The SMILES string of the molecule is CN(C)c1ccc(CNc2cc(N)ccc2OCCCO)cc1. The number of hydrogen-bond acceptors (Lipinski definition) is 5. The predicted molar refractivity (Wildman–Crippen MR) is 96.1 cm³/mol. The zero-order valence-electron chi connectivity index (χ0n) is 13.7. The summed E-state index contributed by atoms with van der Waals surface area (Å²) in [5, 5.41) is 12.2. The fourth-order valence-corrected chi connectivity index (χ4v) is 2.17. The number of nitrogens with one attached hydrogen (secondary N) is 1. The third-order valence-electron chi connectivity index (χ3n) is 3.50. The standard InChI is InChI=1S/C18H25N3O2/c1-21(2)16-7-4-14(5-8-16)13-20-17-12-15(19)6-9-18(17)23-11-3-10-22/h4-9,12,20,22H,3,10-11,13,19H2,1-2H3. The van der Waals surface area contributed by atoms with Gasteiger partial charge in [0.15, 0.2) is 0 Å². The van der Waals surface area contributed by atoms with E-state index in [4.69, 9.17) is 15.6 Å². The van der Waals surface area contributed by atoms with Gasteiger partial charge >= 0.3 is 0 Å². The lowest BCUT2D eigenvalue weighted by Crippen LogP contribution is -2.09. The molecular formula is C18H25N3O2. The first kappa shape index (κ1) is 17.0. The van der Waals surface area contributed by atoms with E-state index in [0.717, 1.165) is 11.4 Å². The highest BCUT2D eigenvalue weighted by Crippen LogP contribution is 2.27. The number of anilines is 3. The number of aliphatic hydroxyl groups is 1. The number of benzene rings is 2. The van der Waals surface area contributed by atoms with Gasteiger partial charge in [-0.3, -0.25) is 0 Å². The van der Waals surface area contributed by atoms with Crippen molar-refractivity contribution in [3.8, 4) is 5.75 Å². The highest BCUT2D eigenvalue weighted by molar-refractivity contribution is 5.63. The molecule has 0 aliphatic rings. The maximum Gasteiger partial charge on any atom is 0.142 e. The Morgan fingerprint density at radius 1 is 1.13 bits per heavy atom. The molecule has 0 atom stereocenters. The average molecular weight is 315 g/mol. The van der Waals surface area contributed by atoms with Gasteiger partial charge in [0.2, 0.25) is 0 Å². The van der Waals surface area contributed by atoms with Crippen molar-refractivity contribution in [2.45, 2.75) is 13.0 Å². The minimum atomic E-state index is 0.121. The Balaban J connectivity index is 2.02. The summed E-state index contributed by atoms with van der Waals surface area (Å²) >= 11 is 0. The van der Waals surface area contributed by atoms with E-state index in [1.807, 2.05) is 32.3 Å². The lowest BCUT2D eigenvalue weighted by atomic mass is 10.2. The maximum absolute atomic E-state index is 8.85. The van der Waals surface area contributed by atoms with Crippen LogP contribution in [0, 0.1) is 0 Å². The molecule has 0 bridgehead atoms. The molecule has 23 heavy (non-hydrogen) atoms. The summed E-state index contributed by atoms with van der Waals surface area (Å²) in [5.74, 6) is 0.748. The quantitative estimate of drug-likeness (QED) is 0.516. The van der Waals surface area contributed by atoms with Crippen LogP contribution in [0.5, 0.6) is 5.75 Å². The van der Waals surface area contributed by atoms with Gasteiger partial charge in [0, 0.05) is 45.0 Å². The summed E-state index contributed by atoms with van der Waals surface area (Å²) in [6.45, 7) is 1.29. The molecule has 0 saturated carbocycles. The summed E-state index contributed by atoms with van der Waals surface area (Å²) in [7, 11) is 4.05. The number of nitrogen functional groups attached to an aromatic ring is 1. The Bertz CT molecular complexity index is 612. The Morgan fingerprint density at radius 3 is 2.52 bits per heavy atom. The van der Waals surface area contributed by atoms with Gasteiger partial charge in [0.25, 0.3) is 0 Å². The maximum atomic E-state index is 8.85. The molecule has 0 aliphatic carbocycles. The normalized spacial score (nSPS) is 10.4. The summed E-state index contributed by atoms with van der Waals surface area (Å²) in [6.07, 6.45) is 0.607. The molecule has 2 aromatic rings. The van der Waals surface area contributed by atoms with Gasteiger partial charge in [-0.2, -0.15) is 0 Å². The Kier molecular flexibility index (Phi) is 6.11. The first-order valence-electron chi connectivity index (χ1n) is 7.73. The van der Waals surface area contributed by atoms with E-state index in [1.54, 1.807) is 0 Å². The minimum absolute atomic E-state index is 0.121. The van der Waals surface area contributed by atoms with E-state index >= 15 is 0 Å². The van der Waals surface area contributed by atoms with Crippen LogP contribution >= 0.6 is 0 Å². The molecule has 0 fully saturated rings. The first-order chi connectivity index (χ1) is 11.1. The van der Waals surface area contributed by atoms with Crippen LogP contribution in [-0.2, 0) is 6.54 Å². The minimum Gasteiger partial charge on any atom is -0.491 e. The lowest BCUT2D eigenvalue weighted by molar-refractivity contribution is 0.234. The molecule has 0 spiro atoms. The van der Waals surface area contributed by atoms with Gasteiger partial charge in [-0.1, -0.05) is 12.1 Å². The van der Waals surface area contributed by atoms with Gasteiger partial charge in [0.05, 0.1) is 12.3 Å². The van der Waals surface area contributed by atoms with Crippen LogP contribution in [0.3, 0.4) is 0 Å². The Hall–Kier alpha value is -2.40. The van der Waals surface area contributed by atoms with E-state index in [-0.39, 0.29) is 6.61 Å². The smallest absolute Gasteiger partial charge is 0.142 e. The van der Waals surface area contributed by atoms with Crippen LogP contribution in [0.1, 0.15) is 12.0 Å². The van der Waals surface area contributed by atoms with Crippen molar-refractivity contribution in [3.63, 3.8) is 0 Å². The van der Waals surface area contributed by atoms with Crippen molar-refractivity contribution in [2.24, 2.45) is 0 Å². The lowest BCUT2D eigenvalue weighted by Gasteiger charge is -2.15. The topological polar surface area (TPSA) is 70.8 Å². The first-order valence-corrected chi connectivity index (χ1v) is 7.73. The Morgan fingerprint density at radius 2 is 1.87 bits per heavy atom. The van der Waals surface area contributed by atoms with Crippen LogP contribution in [0.4, 0.5) is 17.1 Å². The van der Waals surface area contributed by atoms with Crippen molar-refractivity contribution in [3.05, 3.63) is 48.0 Å². The predicted octanol–water partition coefficient (Wildman–Crippen LogP) is 2.71. The molecule has 0 amide bonds. The molecule has 0 aliphatic heterocycles. The third-order valence-corrected chi connectivity index (χ3v) is 3.50. The van der Waals surface area contributed by atoms with Crippen LogP contribution in [0.25, 0.3) is 0 Å². The van der Waals surface area contributed by atoms with Crippen molar-refractivity contribution < 1.29 is 9.84 Å².